The van der Waals surface area contributed by atoms with Crippen LogP contribution in [0.2, 0.25) is 0 Å². The molecule has 1 aromatic heterocycles. The first-order valence-electron chi connectivity index (χ1n) is 8.42. The minimum Gasteiger partial charge on any atom is -0.444 e. The van der Waals surface area contributed by atoms with Gasteiger partial charge in [0.15, 0.2) is 0 Å². The molecule has 2 atom stereocenters. The number of nitrogens with one attached hydrogen (secondary N) is 1. The summed E-state index contributed by atoms with van der Waals surface area (Å²) in [4.78, 5) is 29.5. The molecule has 1 aromatic rings. The zero-order chi connectivity index (χ0) is 20.4. The number of rotatable bonds is 6. The van der Waals surface area contributed by atoms with Crippen molar-refractivity contribution in [2.75, 3.05) is 25.2 Å². The molecule has 10 heteroatoms. The Morgan fingerprint density at radius 2 is 2.04 bits per heavy atom. The second-order valence-electron chi connectivity index (χ2n) is 7.49. The van der Waals surface area contributed by atoms with Crippen molar-refractivity contribution >= 4 is 27.9 Å². The fraction of sp³-hybridized carbons (Fsp3) is 0.588. The lowest BCUT2D eigenvalue weighted by atomic mass is 9.83. The zero-order valence-corrected chi connectivity index (χ0v) is 16.9. The molecule has 1 N–H and O–H groups in total. The molecule has 27 heavy (non-hydrogen) atoms. The SMILES string of the molecule is CN1C(=O)[C@H](Cc2ccnc(NC(=O)OC(C)(C)C)c2)[C@H]1COS(C)(=O)=O. The molecule has 1 saturated heterocycles. The number of carbonyl (C=O) groups excluding carboxylic acids is 2. The monoisotopic (exact) mass is 399 g/mol. The molecule has 0 bridgehead atoms. The van der Waals surface area contributed by atoms with Gasteiger partial charge in [-0.2, -0.15) is 8.42 Å². The molecular weight excluding hydrogens is 374 g/mol. The number of aromatic nitrogens is 1. The maximum atomic E-state index is 12.1. The Labute approximate surface area is 159 Å². The van der Waals surface area contributed by atoms with Crippen molar-refractivity contribution in [1.29, 1.82) is 0 Å². The zero-order valence-electron chi connectivity index (χ0n) is 16.1. The molecule has 150 valence electrons. The molecular formula is C17H25N3O6S. The molecule has 2 heterocycles. The van der Waals surface area contributed by atoms with Crippen LogP contribution in [0.4, 0.5) is 10.6 Å². The molecule has 9 nitrogen and oxygen atoms in total. The van der Waals surface area contributed by atoms with E-state index in [4.69, 9.17) is 8.92 Å². The van der Waals surface area contributed by atoms with Crippen molar-refractivity contribution in [2.24, 2.45) is 5.92 Å². The number of β-lactam (4-membered cyclic amide) rings is 1. The fourth-order valence-electron chi connectivity index (χ4n) is 2.75. The number of likely N-dealkylation sites (tertiary alicyclic amines) is 1. The van der Waals surface area contributed by atoms with Gasteiger partial charge in [0.2, 0.25) is 5.91 Å². The van der Waals surface area contributed by atoms with Gasteiger partial charge in [0.25, 0.3) is 10.1 Å². The van der Waals surface area contributed by atoms with Gasteiger partial charge in [-0.25, -0.2) is 9.78 Å². The van der Waals surface area contributed by atoms with Crippen molar-refractivity contribution in [3.8, 4) is 0 Å². The Bertz CT molecular complexity index is 818. The van der Waals surface area contributed by atoms with Crippen molar-refractivity contribution in [2.45, 2.75) is 38.8 Å². The van der Waals surface area contributed by atoms with Gasteiger partial charge in [-0.1, -0.05) is 0 Å². The van der Waals surface area contributed by atoms with E-state index in [0.29, 0.717) is 12.2 Å². The van der Waals surface area contributed by atoms with E-state index in [1.54, 1.807) is 40.0 Å². The van der Waals surface area contributed by atoms with Crippen LogP contribution in [-0.2, 0) is 30.3 Å². The molecule has 0 saturated carbocycles. The van der Waals surface area contributed by atoms with Crippen LogP contribution in [0.3, 0.4) is 0 Å². The van der Waals surface area contributed by atoms with Crippen molar-refractivity contribution in [3.63, 3.8) is 0 Å². The van der Waals surface area contributed by atoms with E-state index < -0.39 is 27.7 Å². The highest BCUT2D eigenvalue weighted by molar-refractivity contribution is 7.85. The Kier molecular flexibility index (Phi) is 6.10. The first kappa shape index (κ1) is 21.1. The molecule has 1 fully saturated rings. The van der Waals surface area contributed by atoms with Gasteiger partial charge in [0, 0.05) is 13.2 Å². The number of pyridine rings is 1. The van der Waals surface area contributed by atoms with Gasteiger partial charge in [0.05, 0.1) is 24.8 Å². The van der Waals surface area contributed by atoms with E-state index in [0.717, 1.165) is 11.8 Å². The van der Waals surface area contributed by atoms with Gasteiger partial charge in [0.1, 0.15) is 11.4 Å². The van der Waals surface area contributed by atoms with Gasteiger partial charge in [-0.15, -0.1) is 0 Å². The number of nitrogens with zero attached hydrogens (tertiary/aromatic N) is 2. The minimum atomic E-state index is -3.58. The van der Waals surface area contributed by atoms with Crippen LogP contribution in [0.1, 0.15) is 26.3 Å². The van der Waals surface area contributed by atoms with E-state index >= 15 is 0 Å². The van der Waals surface area contributed by atoms with Crippen LogP contribution in [0.5, 0.6) is 0 Å². The third kappa shape index (κ3) is 6.17. The van der Waals surface area contributed by atoms with Crippen LogP contribution >= 0.6 is 0 Å². The Balaban J connectivity index is 2.02. The first-order valence-corrected chi connectivity index (χ1v) is 10.2. The van der Waals surface area contributed by atoms with E-state index in [9.17, 15) is 18.0 Å². The van der Waals surface area contributed by atoms with Crippen molar-refractivity contribution < 1.29 is 26.9 Å². The average molecular weight is 399 g/mol. The summed E-state index contributed by atoms with van der Waals surface area (Å²) in [5.41, 5.74) is 0.157. The van der Waals surface area contributed by atoms with Crippen LogP contribution in [-0.4, -0.2) is 61.9 Å². The van der Waals surface area contributed by atoms with Crippen molar-refractivity contribution in [3.05, 3.63) is 23.9 Å². The summed E-state index contributed by atoms with van der Waals surface area (Å²) in [6.07, 6.45) is 2.26. The lowest BCUT2D eigenvalue weighted by Crippen LogP contribution is -2.61. The lowest BCUT2D eigenvalue weighted by molar-refractivity contribution is -0.155. The molecule has 0 aromatic carbocycles. The highest BCUT2D eigenvalue weighted by atomic mass is 32.2. The summed E-state index contributed by atoms with van der Waals surface area (Å²) in [6, 6.07) is 3.06. The normalized spacial score (nSPS) is 20.2. The van der Waals surface area contributed by atoms with Crippen LogP contribution < -0.4 is 5.32 Å². The summed E-state index contributed by atoms with van der Waals surface area (Å²) in [5.74, 6) is -0.171. The summed E-state index contributed by atoms with van der Waals surface area (Å²) in [7, 11) is -1.97. The molecule has 0 radical (unpaired) electrons. The minimum absolute atomic E-state index is 0.0835. The Morgan fingerprint density at radius 1 is 1.37 bits per heavy atom. The van der Waals surface area contributed by atoms with E-state index in [1.165, 1.54) is 11.1 Å². The summed E-state index contributed by atoms with van der Waals surface area (Å²) in [5, 5.41) is 2.55. The second-order valence-corrected chi connectivity index (χ2v) is 9.14. The van der Waals surface area contributed by atoms with E-state index in [2.05, 4.69) is 10.3 Å². The first-order chi connectivity index (χ1) is 12.4. The number of anilines is 1. The van der Waals surface area contributed by atoms with Gasteiger partial charge < -0.3 is 9.64 Å². The summed E-state index contributed by atoms with van der Waals surface area (Å²) >= 11 is 0. The number of hydrogen-bond acceptors (Lipinski definition) is 7. The van der Waals surface area contributed by atoms with Gasteiger partial charge in [-0.05, 0) is 44.9 Å². The third-order valence-electron chi connectivity index (χ3n) is 3.99. The quantitative estimate of drug-likeness (QED) is 0.568. The lowest BCUT2D eigenvalue weighted by Gasteiger charge is -2.44. The van der Waals surface area contributed by atoms with Crippen molar-refractivity contribution in [1.82, 2.24) is 9.88 Å². The highest BCUT2D eigenvalue weighted by Crippen LogP contribution is 2.29. The molecule has 0 spiro atoms. The molecule has 0 aliphatic carbocycles. The number of amides is 2. The summed E-state index contributed by atoms with van der Waals surface area (Å²) in [6.45, 7) is 5.19. The maximum absolute atomic E-state index is 12.1. The highest BCUT2D eigenvalue weighted by Gasteiger charge is 2.45. The predicted octanol–water partition coefficient (Wildman–Crippen LogP) is 1.40. The van der Waals surface area contributed by atoms with Crippen LogP contribution in [0.15, 0.2) is 18.3 Å². The number of likely N-dealkylation sites (N-methyl/N-ethyl adjacent to an activating group) is 1. The topological polar surface area (TPSA) is 115 Å². The van der Waals surface area contributed by atoms with E-state index in [1.807, 2.05) is 0 Å². The van der Waals surface area contributed by atoms with E-state index in [-0.39, 0.29) is 18.6 Å². The molecule has 0 unspecified atom stereocenters. The molecule has 2 amide bonds. The average Bonchev–Trinajstić information content (AvgIpc) is 2.51. The second kappa shape index (κ2) is 7.81. The smallest absolute Gasteiger partial charge is 0.413 e. The standard InChI is InChI=1S/C17H25N3O6S/c1-17(2,3)26-16(22)19-14-9-11(6-7-18-14)8-12-13(20(4)15(12)21)10-25-27(5,23)24/h6-7,9,12-13H,8,10H2,1-5H3,(H,18,19,22)/t12-,13-/m1/s1. The number of carbonyl (C=O) groups is 2. The van der Waals surface area contributed by atoms with Gasteiger partial charge in [-0.3, -0.25) is 14.3 Å². The Morgan fingerprint density at radius 3 is 2.63 bits per heavy atom. The van der Waals surface area contributed by atoms with Crippen LogP contribution in [0, 0.1) is 5.92 Å². The largest absolute Gasteiger partial charge is 0.444 e. The Hall–Kier alpha value is -2.20. The number of hydrogen-bond donors (Lipinski definition) is 1. The molecule has 2 rings (SSSR count). The predicted molar refractivity (Wildman–Crippen MR) is 98.6 cm³/mol. The number of ether oxygens (including phenoxy) is 1. The van der Waals surface area contributed by atoms with Gasteiger partial charge >= 0.3 is 6.09 Å². The maximum Gasteiger partial charge on any atom is 0.413 e. The molecule has 1 aliphatic heterocycles. The van der Waals surface area contributed by atoms with Crippen LogP contribution in [0.25, 0.3) is 0 Å². The fourth-order valence-corrected chi connectivity index (χ4v) is 3.14. The molecule has 1 aliphatic rings. The third-order valence-corrected chi connectivity index (χ3v) is 4.55. The summed E-state index contributed by atoms with van der Waals surface area (Å²) < 4.78 is 32.4.